The van der Waals surface area contributed by atoms with E-state index in [-0.39, 0.29) is 36.5 Å². The zero-order valence-corrected chi connectivity index (χ0v) is 14.8. The van der Waals surface area contributed by atoms with Gasteiger partial charge in [0.2, 0.25) is 5.91 Å². The van der Waals surface area contributed by atoms with Crippen LogP contribution in [-0.2, 0) is 14.3 Å². The van der Waals surface area contributed by atoms with Crippen molar-refractivity contribution in [3.63, 3.8) is 0 Å². The maximum atomic E-state index is 12.3. The average molecular weight is 367 g/mol. The molecule has 0 saturated heterocycles. The molecule has 0 aliphatic carbocycles. The van der Waals surface area contributed by atoms with Crippen molar-refractivity contribution in [3.8, 4) is 5.75 Å². The lowest BCUT2D eigenvalue weighted by atomic mass is 9.86. The van der Waals surface area contributed by atoms with E-state index in [0.29, 0.717) is 22.8 Å². The number of fused-ring (bicyclic) bond motifs is 2. The summed E-state index contributed by atoms with van der Waals surface area (Å²) in [5.41, 5.74) is 2.80. The number of ether oxygens (including phenoxy) is 2. The molecular weight excluding hydrogens is 350 g/mol. The molecule has 0 saturated carbocycles. The van der Waals surface area contributed by atoms with E-state index < -0.39 is 5.97 Å². The smallest absolute Gasteiger partial charge is 0.356 e. The molecule has 8 nitrogen and oxygen atoms in total. The highest BCUT2D eigenvalue weighted by Crippen LogP contribution is 2.43. The number of amides is 2. The van der Waals surface area contributed by atoms with Gasteiger partial charge in [-0.25, -0.2) is 9.78 Å². The van der Waals surface area contributed by atoms with Crippen LogP contribution < -0.4 is 15.0 Å². The number of carbonyl (C=O) groups excluding carboxylic acids is 3. The third kappa shape index (κ3) is 2.88. The number of nitrogens with one attached hydrogen (secondary N) is 1. The summed E-state index contributed by atoms with van der Waals surface area (Å²) >= 11 is 0. The normalized spacial score (nSPS) is 18.1. The Morgan fingerprint density at radius 1 is 1.33 bits per heavy atom. The van der Waals surface area contributed by atoms with Crippen molar-refractivity contribution >= 4 is 29.2 Å². The van der Waals surface area contributed by atoms with Crippen LogP contribution in [0, 0.1) is 0 Å². The van der Waals surface area contributed by atoms with Crippen LogP contribution in [-0.4, -0.2) is 43.5 Å². The summed E-state index contributed by atoms with van der Waals surface area (Å²) in [4.78, 5) is 41.8. The van der Waals surface area contributed by atoms with Gasteiger partial charge in [0, 0.05) is 30.8 Å². The second kappa shape index (κ2) is 6.39. The van der Waals surface area contributed by atoms with Gasteiger partial charge in [0.15, 0.2) is 6.61 Å². The van der Waals surface area contributed by atoms with Crippen molar-refractivity contribution in [2.75, 3.05) is 31.0 Å². The van der Waals surface area contributed by atoms with Gasteiger partial charge in [-0.05, 0) is 29.8 Å². The Balaban J connectivity index is 1.81. The monoisotopic (exact) mass is 367 g/mol. The number of hydrogen-bond donors (Lipinski definition) is 1. The van der Waals surface area contributed by atoms with Gasteiger partial charge in [0.1, 0.15) is 11.4 Å². The topological polar surface area (TPSA) is 97.8 Å². The summed E-state index contributed by atoms with van der Waals surface area (Å²) in [6.45, 7) is -0.0324. The second-order valence-corrected chi connectivity index (χ2v) is 6.39. The van der Waals surface area contributed by atoms with Crippen LogP contribution in [0.1, 0.15) is 34.1 Å². The molecule has 2 aliphatic rings. The highest BCUT2D eigenvalue weighted by atomic mass is 16.5. The van der Waals surface area contributed by atoms with Crippen LogP contribution in [0.15, 0.2) is 30.3 Å². The van der Waals surface area contributed by atoms with Crippen LogP contribution in [0.25, 0.3) is 0 Å². The van der Waals surface area contributed by atoms with Crippen LogP contribution in [0.2, 0.25) is 0 Å². The summed E-state index contributed by atoms with van der Waals surface area (Å²) in [5.74, 6) is -0.625. The van der Waals surface area contributed by atoms with Crippen LogP contribution in [0.4, 0.5) is 11.4 Å². The van der Waals surface area contributed by atoms with Crippen molar-refractivity contribution in [1.29, 1.82) is 0 Å². The molecule has 0 fully saturated rings. The van der Waals surface area contributed by atoms with Gasteiger partial charge in [-0.2, -0.15) is 0 Å². The van der Waals surface area contributed by atoms with Gasteiger partial charge in [-0.3, -0.25) is 9.59 Å². The van der Waals surface area contributed by atoms with E-state index in [1.165, 1.54) is 12.0 Å². The molecule has 2 amide bonds. The van der Waals surface area contributed by atoms with Gasteiger partial charge < -0.3 is 19.7 Å². The van der Waals surface area contributed by atoms with E-state index in [0.717, 1.165) is 5.56 Å². The Kier molecular flexibility index (Phi) is 4.02. The number of esters is 1. The minimum atomic E-state index is -0.536. The molecule has 1 aromatic heterocycles. The molecule has 2 aliphatic heterocycles. The van der Waals surface area contributed by atoms with Crippen LogP contribution in [0.5, 0.6) is 5.75 Å². The largest absolute Gasteiger partial charge is 0.482 e. The third-order valence-corrected chi connectivity index (χ3v) is 4.78. The van der Waals surface area contributed by atoms with Gasteiger partial charge in [-0.15, -0.1) is 0 Å². The molecule has 1 atom stereocenters. The molecule has 8 heteroatoms. The quantitative estimate of drug-likeness (QED) is 0.812. The first-order valence-corrected chi connectivity index (χ1v) is 8.40. The van der Waals surface area contributed by atoms with Gasteiger partial charge >= 0.3 is 5.97 Å². The summed E-state index contributed by atoms with van der Waals surface area (Å²) in [6, 6.07) is 8.60. The van der Waals surface area contributed by atoms with Gasteiger partial charge in [-0.1, -0.05) is 6.07 Å². The Labute approximate surface area is 155 Å². The minimum absolute atomic E-state index is 0.0324. The van der Waals surface area contributed by atoms with Gasteiger partial charge in [0.25, 0.3) is 5.91 Å². The SMILES string of the molecule is COC(=O)c1cccc([C@H]2CC(=O)Nc3cc4c(cc32)OCC(=O)N4C)n1. The number of rotatable bonds is 2. The number of likely N-dealkylation sites (N-methyl/N-ethyl adjacent to an activating group) is 1. The van der Waals surface area contributed by atoms with E-state index in [2.05, 4.69) is 10.3 Å². The molecule has 0 bridgehead atoms. The molecule has 3 heterocycles. The fourth-order valence-electron chi connectivity index (χ4n) is 3.35. The maximum Gasteiger partial charge on any atom is 0.356 e. The first-order chi connectivity index (χ1) is 13.0. The summed E-state index contributed by atoms with van der Waals surface area (Å²) in [7, 11) is 2.96. The zero-order valence-electron chi connectivity index (χ0n) is 14.8. The molecule has 0 spiro atoms. The predicted octanol–water partition coefficient (Wildman–Crippen LogP) is 1.70. The standard InChI is InChI=1S/C19H17N3O5/c1-22-15-8-14-10(6-16(15)27-9-18(22)24)11(7-17(23)21-14)12-4-3-5-13(20-12)19(25)26-2/h3-6,8,11H,7,9H2,1-2H3,(H,21,23)/t11-/m0/s1. The molecule has 0 radical (unpaired) electrons. The number of methoxy groups -OCH3 is 1. The number of nitrogens with zero attached hydrogens (tertiary/aromatic N) is 2. The maximum absolute atomic E-state index is 12.3. The number of carbonyl (C=O) groups is 3. The fraction of sp³-hybridized carbons (Fsp3) is 0.263. The van der Waals surface area contributed by atoms with E-state index >= 15 is 0 Å². The van der Waals surface area contributed by atoms with E-state index in [1.54, 1.807) is 31.3 Å². The Hall–Kier alpha value is -3.42. The van der Waals surface area contributed by atoms with E-state index in [4.69, 9.17) is 9.47 Å². The second-order valence-electron chi connectivity index (χ2n) is 6.39. The highest BCUT2D eigenvalue weighted by molar-refractivity contribution is 6.01. The summed E-state index contributed by atoms with van der Waals surface area (Å²) in [5, 5.41) is 2.84. The lowest BCUT2D eigenvalue weighted by molar-refractivity contribution is -0.121. The lowest BCUT2D eigenvalue weighted by Gasteiger charge is -2.31. The molecule has 27 heavy (non-hydrogen) atoms. The number of pyridine rings is 1. The van der Waals surface area contributed by atoms with Crippen molar-refractivity contribution in [2.45, 2.75) is 12.3 Å². The molecule has 1 aromatic carbocycles. The number of anilines is 2. The molecule has 2 aromatic rings. The van der Waals surface area contributed by atoms with Crippen molar-refractivity contribution in [1.82, 2.24) is 4.98 Å². The van der Waals surface area contributed by atoms with Crippen molar-refractivity contribution < 1.29 is 23.9 Å². The minimum Gasteiger partial charge on any atom is -0.482 e. The average Bonchev–Trinajstić information content (AvgIpc) is 2.68. The van der Waals surface area contributed by atoms with Gasteiger partial charge in [0.05, 0.1) is 12.8 Å². The van der Waals surface area contributed by atoms with Crippen LogP contribution >= 0.6 is 0 Å². The predicted molar refractivity (Wildman–Crippen MR) is 96.0 cm³/mol. The van der Waals surface area contributed by atoms with Crippen molar-refractivity contribution in [2.24, 2.45) is 0 Å². The number of hydrogen-bond acceptors (Lipinski definition) is 6. The fourth-order valence-corrected chi connectivity index (χ4v) is 3.35. The highest BCUT2D eigenvalue weighted by Gasteiger charge is 2.32. The van der Waals surface area contributed by atoms with E-state index in [9.17, 15) is 14.4 Å². The zero-order chi connectivity index (χ0) is 19.1. The molecule has 138 valence electrons. The summed E-state index contributed by atoms with van der Waals surface area (Å²) < 4.78 is 10.3. The number of benzene rings is 1. The molecule has 1 N–H and O–H groups in total. The molecule has 4 rings (SSSR count). The number of aromatic nitrogens is 1. The molecular formula is C19H17N3O5. The van der Waals surface area contributed by atoms with Crippen molar-refractivity contribution in [3.05, 3.63) is 47.3 Å². The Morgan fingerprint density at radius 2 is 2.15 bits per heavy atom. The van der Waals surface area contributed by atoms with E-state index in [1.807, 2.05) is 6.07 Å². The van der Waals surface area contributed by atoms with Crippen LogP contribution in [0.3, 0.4) is 0 Å². The summed E-state index contributed by atoms with van der Waals surface area (Å²) in [6.07, 6.45) is 0.193. The first kappa shape index (κ1) is 17.0. The third-order valence-electron chi connectivity index (χ3n) is 4.78. The lowest BCUT2D eigenvalue weighted by Crippen LogP contribution is -2.36. The Bertz CT molecular complexity index is 972. The molecule has 0 unspecified atom stereocenters. The Morgan fingerprint density at radius 3 is 2.93 bits per heavy atom. The first-order valence-electron chi connectivity index (χ1n) is 8.40.